The van der Waals surface area contributed by atoms with Crippen molar-refractivity contribution in [1.29, 1.82) is 0 Å². The Kier molecular flexibility index (Phi) is 5.11. The van der Waals surface area contributed by atoms with Crippen LogP contribution in [0.1, 0.15) is 5.56 Å². The van der Waals surface area contributed by atoms with E-state index in [0.717, 1.165) is 12.1 Å². The van der Waals surface area contributed by atoms with E-state index < -0.39 is 12.3 Å². The van der Waals surface area contributed by atoms with Crippen LogP contribution in [-0.4, -0.2) is 21.8 Å². The smallest absolute Gasteiger partial charge is 0.406 e. The molecule has 0 atom stereocenters. The largest absolute Gasteiger partial charge is 0.573 e. The van der Waals surface area contributed by atoms with Crippen LogP contribution in [0.3, 0.4) is 0 Å². The van der Waals surface area contributed by atoms with Crippen LogP contribution in [0.4, 0.5) is 13.2 Å². The lowest BCUT2D eigenvalue weighted by Crippen LogP contribution is -2.32. The Hall–Kier alpha value is -3.36. The molecule has 0 radical (unpaired) electrons. The van der Waals surface area contributed by atoms with Gasteiger partial charge >= 0.3 is 6.36 Å². The van der Waals surface area contributed by atoms with Crippen LogP contribution in [0.25, 0.3) is 10.9 Å². The van der Waals surface area contributed by atoms with Crippen molar-refractivity contribution < 1.29 is 22.7 Å². The minimum absolute atomic E-state index is 0.0981. The molecule has 0 bridgehead atoms. The third-order valence-electron chi connectivity index (χ3n) is 3.69. The number of hydrogen-bond donors (Lipinski definition) is 1. The molecule has 0 saturated carbocycles. The van der Waals surface area contributed by atoms with Gasteiger partial charge in [0.15, 0.2) is 0 Å². The van der Waals surface area contributed by atoms with E-state index in [2.05, 4.69) is 15.0 Å². The summed E-state index contributed by atoms with van der Waals surface area (Å²) in [6.45, 7) is -0.118. The number of benzene rings is 2. The predicted octanol–water partition coefficient (Wildman–Crippen LogP) is 2.61. The van der Waals surface area contributed by atoms with Crippen molar-refractivity contribution in [1.82, 2.24) is 14.9 Å². The molecular weight excluding hydrogens is 363 g/mol. The van der Waals surface area contributed by atoms with Crippen LogP contribution < -0.4 is 15.6 Å². The van der Waals surface area contributed by atoms with Crippen LogP contribution in [-0.2, 0) is 17.9 Å². The molecule has 0 spiro atoms. The second-order valence-corrected chi connectivity index (χ2v) is 5.66. The lowest BCUT2D eigenvalue weighted by molar-refractivity contribution is -0.274. The Morgan fingerprint density at radius 1 is 1.11 bits per heavy atom. The van der Waals surface area contributed by atoms with Gasteiger partial charge in [0.1, 0.15) is 12.3 Å². The zero-order valence-electron chi connectivity index (χ0n) is 13.9. The van der Waals surface area contributed by atoms with Crippen molar-refractivity contribution in [3.8, 4) is 5.75 Å². The highest BCUT2D eigenvalue weighted by Gasteiger charge is 2.30. The quantitative estimate of drug-likeness (QED) is 0.742. The van der Waals surface area contributed by atoms with Gasteiger partial charge in [-0.05, 0) is 29.8 Å². The number of para-hydroxylation sites is 1. The summed E-state index contributed by atoms with van der Waals surface area (Å²) in [7, 11) is 0. The van der Waals surface area contributed by atoms with E-state index in [9.17, 15) is 22.8 Å². The maximum absolute atomic E-state index is 12.3. The van der Waals surface area contributed by atoms with Crippen molar-refractivity contribution in [2.75, 3.05) is 0 Å². The number of hydrogen-bond acceptors (Lipinski definition) is 4. The van der Waals surface area contributed by atoms with Crippen molar-refractivity contribution in [2.45, 2.75) is 19.5 Å². The summed E-state index contributed by atoms with van der Waals surface area (Å²) in [6.07, 6.45) is -3.45. The van der Waals surface area contributed by atoms with E-state index in [0.29, 0.717) is 16.5 Å². The van der Waals surface area contributed by atoms with Crippen LogP contribution in [0.15, 0.2) is 59.7 Å². The van der Waals surface area contributed by atoms with Crippen molar-refractivity contribution in [2.24, 2.45) is 0 Å². The van der Waals surface area contributed by atoms with Gasteiger partial charge in [0.2, 0.25) is 5.91 Å². The molecule has 3 aromatic rings. The van der Waals surface area contributed by atoms with Gasteiger partial charge in [-0.25, -0.2) is 4.98 Å². The van der Waals surface area contributed by atoms with Gasteiger partial charge in [-0.15, -0.1) is 13.2 Å². The van der Waals surface area contributed by atoms with Gasteiger partial charge in [0.25, 0.3) is 5.56 Å². The minimum Gasteiger partial charge on any atom is -0.406 e. The number of ether oxygens (including phenoxy) is 1. The van der Waals surface area contributed by atoms with Gasteiger partial charge in [-0.2, -0.15) is 0 Å². The number of carbonyl (C=O) groups is 1. The molecule has 27 heavy (non-hydrogen) atoms. The number of nitrogens with one attached hydrogen (secondary N) is 1. The first-order valence-electron chi connectivity index (χ1n) is 7.87. The van der Waals surface area contributed by atoms with E-state index >= 15 is 0 Å². The van der Waals surface area contributed by atoms with Gasteiger partial charge in [-0.1, -0.05) is 24.3 Å². The molecule has 2 aromatic carbocycles. The van der Waals surface area contributed by atoms with E-state index in [1.54, 1.807) is 24.3 Å². The summed E-state index contributed by atoms with van der Waals surface area (Å²) >= 11 is 0. The summed E-state index contributed by atoms with van der Waals surface area (Å²) in [4.78, 5) is 28.5. The second kappa shape index (κ2) is 7.48. The fourth-order valence-electron chi connectivity index (χ4n) is 2.44. The number of rotatable bonds is 5. The van der Waals surface area contributed by atoms with Gasteiger partial charge in [-0.3, -0.25) is 14.2 Å². The Morgan fingerprint density at radius 2 is 1.81 bits per heavy atom. The Balaban J connectivity index is 1.60. The molecule has 3 rings (SSSR count). The highest BCUT2D eigenvalue weighted by Crippen LogP contribution is 2.22. The van der Waals surface area contributed by atoms with Crippen LogP contribution in [0, 0.1) is 0 Å². The Morgan fingerprint density at radius 3 is 2.52 bits per heavy atom. The first-order chi connectivity index (χ1) is 12.8. The normalized spacial score (nSPS) is 11.4. The number of carbonyl (C=O) groups excluding carboxylic acids is 1. The third-order valence-corrected chi connectivity index (χ3v) is 3.69. The maximum atomic E-state index is 12.3. The summed E-state index contributed by atoms with van der Waals surface area (Å²) in [5.41, 5.74) is 0.798. The molecule has 1 amide bonds. The van der Waals surface area contributed by atoms with Gasteiger partial charge < -0.3 is 10.1 Å². The van der Waals surface area contributed by atoms with E-state index in [1.165, 1.54) is 23.0 Å². The van der Waals surface area contributed by atoms with Crippen LogP contribution in [0.5, 0.6) is 5.75 Å². The van der Waals surface area contributed by atoms with Crippen molar-refractivity contribution in [3.63, 3.8) is 0 Å². The van der Waals surface area contributed by atoms with Crippen LogP contribution in [0.2, 0.25) is 0 Å². The number of nitrogens with zero attached hydrogens (tertiary/aromatic N) is 2. The fraction of sp³-hybridized carbons (Fsp3) is 0.167. The van der Waals surface area contributed by atoms with Crippen molar-refractivity contribution in [3.05, 3.63) is 70.8 Å². The Labute approximate surface area is 151 Å². The molecule has 1 heterocycles. The Bertz CT molecular complexity index is 1010. The molecule has 140 valence electrons. The number of fused-ring (bicyclic) bond motifs is 1. The molecule has 0 aliphatic carbocycles. The molecule has 0 aliphatic heterocycles. The molecule has 0 saturated heterocycles. The molecule has 1 N–H and O–H groups in total. The third kappa shape index (κ3) is 4.84. The number of aromatic nitrogens is 2. The summed E-state index contributed by atoms with van der Waals surface area (Å²) < 4.78 is 41.3. The highest BCUT2D eigenvalue weighted by molar-refractivity contribution is 5.78. The zero-order valence-corrected chi connectivity index (χ0v) is 13.9. The molecule has 0 aliphatic rings. The molecule has 0 fully saturated rings. The monoisotopic (exact) mass is 377 g/mol. The molecule has 9 heteroatoms. The number of alkyl halides is 3. The first kappa shape index (κ1) is 18.4. The summed E-state index contributed by atoms with van der Waals surface area (Å²) in [5, 5.41) is 3.01. The van der Waals surface area contributed by atoms with E-state index in [-0.39, 0.29) is 24.4 Å². The predicted molar refractivity (Wildman–Crippen MR) is 91.0 cm³/mol. The molecular formula is C18H14F3N3O3. The number of amides is 1. The summed E-state index contributed by atoms with van der Waals surface area (Å²) in [6, 6.07) is 11.9. The topological polar surface area (TPSA) is 73.2 Å². The summed E-state index contributed by atoms with van der Waals surface area (Å²) in [5.74, 6) is -0.767. The van der Waals surface area contributed by atoms with E-state index in [4.69, 9.17) is 0 Å². The molecule has 1 aromatic heterocycles. The lowest BCUT2D eigenvalue weighted by Gasteiger charge is -2.10. The standard InChI is InChI=1S/C18H14F3N3O3/c19-18(20,21)27-13-7-5-12(6-8-13)9-22-16(25)10-24-11-23-15-4-2-1-3-14(15)17(24)26/h1-8,11H,9-10H2,(H,22,25). The zero-order chi connectivity index (χ0) is 19.4. The first-order valence-corrected chi connectivity index (χ1v) is 7.87. The highest BCUT2D eigenvalue weighted by atomic mass is 19.4. The minimum atomic E-state index is -4.75. The SMILES string of the molecule is O=C(Cn1cnc2ccccc2c1=O)NCc1ccc(OC(F)(F)F)cc1. The van der Waals surface area contributed by atoms with Gasteiger partial charge in [0.05, 0.1) is 17.2 Å². The molecule has 6 nitrogen and oxygen atoms in total. The second-order valence-electron chi connectivity index (χ2n) is 5.66. The van der Waals surface area contributed by atoms with E-state index in [1.807, 2.05) is 0 Å². The van der Waals surface area contributed by atoms with Crippen molar-refractivity contribution >= 4 is 16.8 Å². The lowest BCUT2D eigenvalue weighted by atomic mass is 10.2. The average molecular weight is 377 g/mol. The van der Waals surface area contributed by atoms with Crippen LogP contribution >= 0.6 is 0 Å². The fourth-order valence-corrected chi connectivity index (χ4v) is 2.44. The average Bonchev–Trinajstić information content (AvgIpc) is 2.62. The maximum Gasteiger partial charge on any atom is 0.573 e. The molecule has 0 unspecified atom stereocenters. The number of halogens is 3. The van der Waals surface area contributed by atoms with Gasteiger partial charge in [0, 0.05) is 6.54 Å².